The Labute approximate surface area is 412 Å². The minimum Gasteiger partial charge on any atom is -0.391 e. The third-order valence-corrected chi connectivity index (χ3v) is 14.8. The number of nitrogens with zero attached hydrogens (tertiary/aromatic N) is 5. The predicted octanol–water partition coefficient (Wildman–Crippen LogP) is 5.40. The van der Waals surface area contributed by atoms with Crippen LogP contribution in [-0.2, 0) is 47.0 Å². The Morgan fingerprint density at radius 3 is 2.39 bits per heavy atom. The maximum Gasteiger partial charge on any atom is 0.248 e. The molecule has 8 rings (SSSR count). The number of hydrogen-bond acceptors (Lipinski definition) is 12. The van der Waals surface area contributed by atoms with Crippen LogP contribution in [0.2, 0.25) is 0 Å². The van der Waals surface area contributed by atoms with E-state index >= 15 is 0 Å². The highest BCUT2D eigenvalue weighted by atomic mass is 32.1. The molecule has 2 aliphatic heterocycles. The molecule has 4 amide bonds. The Kier molecular flexibility index (Phi) is 14.6. The molecular weight excluding hydrogens is 909 g/mol. The average Bonchev–Trinajstić information content (AvgIpc) is 4.08. The lowest BCUT2D eigenvalue weighted by molar-refractivity contribution is -0.144. The van der Waals surface area contributed by atoms with Gasteiger partial charge in [-0.1, -0.05) is 71.9 Å². The number of β-amino-alcohol motifs (C(OH)–C–C–N with tert-alkyl or cyclic N) is 1. The number of carbonyl (C=O) groups excluding carboxylic acids is 5. The van der Waals surface area contributed by atoms with Gasteiger partial charge in [-0.2, -0.15) is 5.26 Å². The second-order valence-corrected chi connectivity index (χ2v) is 20.9. The standard InChI is InChI=1S/C53H62N8O8S/c1-8-34-22-38-39(53(6,7)48-45(46(38)65)37-14-11-33(25-54)21-40(37)57-48)24-41(34)59-15-17-60(18-16-59)44(64)29-69-20-19-68-28-43(63)58-49(52(3,4)5)51(67)61-27-36(62)23-42(61)50(66)55-26-32-9-12-35(13-10-32)47-31(2)56-30-70-47/h9-14,21-22,24,30,36,42,49,57,62H,8,15-20,23,26-29H2,1-7H3,(H,55,66)(H,58,63)/t36-,42+,49?/m1/s1. The second kappa shape index (κ2) is 20.5. The van der Waals surface area contributed by atoms with Crippen molar-refractivity contribution in [1.82, 2.24) is 30.4 Å². The number of aromatic nitrogens is 2. The van der Waals surface area contributed by atoms with E-state index in [-0.39, 0.29) is 63.5 Å². The number of ether oxygens (including phenoxy) is 2. The smallest absolute Gasteiger partial charge is 0.248 e. The number of amides is 4. The highest BCUT2D eigenvalue weighted by molar-refractivity contribution is 7.13. The largest absolute Gasteiger partial charge is 0.391 e. The fourth-order valence-corrected chi connectivity index (χ4v) is 10.7. The van der Waals surface area contributed by atoms with Crippen LogP contribution in [0.4, 0.5) is 5.69 Å². The number of benzene rings is 3. The highest BCUT2D eigenvalue weighted by Gasteiger charge is 2.45. The Morgan fingerprint density at radius 2 is 1.73 bits per heavy atom. The zero-order valence-electron chi connectivity index (χ0n) is 40.9. The van der Waals surface area contributed by atoms with Gasteiger partial charge in [0.25, 0.3) is 0 Å². The summed E-state index contributed by atoms with van der Waals surface area (Å²) in [6.07, 6.45) is -0.0910. The van der Waals surface area contributed by atoms with Crippen molar-refractivity contribution in [1.29, 1.82) is 5.26 Å². The molecule has 5 aromatic rings. The van der Waals surface area contributed by atoms with Gasteiger partial charge in [0.2, 0.25) is 23.6 Å². The van der Waals surface area contributed by atoms with E-state index in [0.29, 0.717) is 42.9 Å². The van der Waals surface area contributed by atoms with Crippen molar-refractivity contribution in [3.63, 3.8) is 0 Å². The van der Waals surface area contributed by atoms with E-state index in [2.05, 4.69) is 58.4 Å². The SMILES string of the molecule is CCc1cc2c(cc1N1CCN(C(=O)COCCOCC(=O)NC(C(=O)N3C[C@H](O)C[C@H]3C(=O)NCc3ccc(-c4scnc4C)cc3)C(C)(C)C)CC1)C(C)(C)c1[nH]c3cc(C#N)ccc3c1C2=O. The molecule has 0 bridgehead atoms. The monoisotopic (exact) mass is 970 g/mol. The third kappa shape index (κ3) is 10.2. The number of ketones is 1. The lowest BCUT2D eigenvalue weighted by Gasteiger charge is -2.39. The Bertz CT molecular complexity index is 2850. The summed E-state index contributed by atoms with van der Waals surface area (Å²) in [4.78, 5) is 82.2. The van der Waals surface area contributed by atoms with E-state index in [9.17, 15) is 34.3 Å². The van der Waals surface area contributed by atoms with E-state index < -0.39 is 40.8 Å². The number of anilines is 1. The molecule has 2 saturated heterocycles. The zero-order chi connectivity index (χ0) is 50.1. The van der Waals surface area contributed by atoms with Crippen molar-refractivity contribution in [3.05, 3.63) is 105 Å². The molecule has 2 fully saturated rings. The maximum atomic E-state index is 14.1. The van der Waals surface area contributed by atoms with Crippen molar-refractivity contribution in [3.8, 4) is 16.5 Å². The van der Waals surface area contributed by atoms with Gasteiger partial charge in [-0.05, 0) is 65.3 Å². The normalized spacial score (nSPS) is 18.0. The summed E-state index contributed by atoms with van der Waals surface area (Å²) in [6.45, 7) is 15.7. The van der Waals surface area contributed by atoms with Crippen molar-refractivity contribution in [2.24, 2.45) is 5.41 Å². The van der Waals surface area contributed by atoms with Crippen molar-refractivity contribution in [2.45, 2.75) is 91.5 Å². The highest BCUT2D eigenvalue weighted by Crippen LogP contribution is 2.46. The molecule has 368 valence electrons. The number of aromatic amines is 1. The number of carbonyl (C=O) groups is 5. The molecule has 70 heavy (non-hydrogen) atoms. The molecule has 4 heterocycles. The average molecular weight is 971 g/mol. The summed E-state index contributed by atoms with van der Waals surface area (Å²) in [6, 6.07) is 17.7. The van der Waals surface area contributed by atoms with Gasteiger partial charge in [-0.15, -0.1) is 11.3 Å². The van der Waals surface area contributed by atoms with Gasteiger partial charge in [0.1, 0.15) is 25.3 Å². The van der Waals surface area contributed by atoms with Gasteiger partial charge in [0.15, 0.2) is 5.78 Å². The van der Waals surface area contributed by atoms with Crippen LogP contribution >= 0.6 is 11.3 Å². The first-order valence-corrected chi connectivity index (χ1v) is 24.8. The molecule has 3 aromatic carbocycles. The molecule has 1 aliphatic carbocycles. The molecular formula is C53H62N8O8S. The Morgan fingerprint density at radius 1 is 1.01 bits per heavy atom. The van der Waals surface area contributed by atoms with Crippen molar-refractivity contribution < 1.29 is 38.6 Å². The van der Waals surface area contributed by atoms with Gasteiger partial charge >= 0.3 is 0 Å². The summed E-state index contributed by atoms with van der Waals surface area (Å²) in [5, 5.41) is 26.6. The summed E-state index contributed by atoms with van der Waals surface area (Å²) >= 11 is 1.57. The van der Waals surface area contributed by atoms with E-state index in [1.54, 1.807) is 33.9 Å². The number of hydrogen-bond donors (Lipinski definition) is 4. The first kappa shape index (κ1) is 50.0. The number of aryl methyl sites for hydroxylation is 2. The summed E-state index contributed by atoms with van der Waals surface area (Å²) in [5.41, 5.74) is 9.97. The molecule has 2 aromatic heterocycles. The van der Waals surface area contributed by atoms with Crippen LogP contribution in [0.25, 0.3) is 21.3 Å². The predicted molar refractivity (Wildman–Crippen MR) is 266 cm³/mol. The number of piperazine rings is 1. The van der Waals surface area contributed by atoms with Crippen molar-refractivity contribution in [2.75, 3.05) is 64.1 Å². The van der Waals surface area contributed by atoms with E-state index in [0.717, 1.165) is 61.5 Å². The van der Waals surface area contributed by atoms with Crippen LogP contribution in [0, 0.1) is 23.7 Å². The lowest BCUT2D eigenvalue weighted by Crippen LogP contribution is -2.58. The van der Waals surface area contributed by atoms with Gasteiger partial charge < -0.3 is 44.9 Å². The van der Waals surface area contributed by atoms with Gasteiger partial charge in [-0.25, -0.2) is 4.98 Å². The fraction of sp³-hybridized carbons (Fsp3) is 0.453. The minimum absolute atomic E-state index is 0.0266. The Balaban J connectivity index is 0.780. The van der Waals surface area contributed by atoms with E-state index in [4.69, 9.17) is 9.47 Å². The van der Waals surface area contributed by atoms with Crippen molar-refractivity contribution >= 4 is 57.3 Å². The molecule has 3 aliphatic rings. The molecule has 4 N–H and O–H groups in total. The zero-order valence-corrected chi connectivity index (χ0v) is 41.8. The minimum atomic E-state index is -1.01. The molecule has 1 unspecified atom stereocenters. The van der Waals surface area contributed by atoms with Gasteiger partial charge in [-0.3, -0.25) is 24.0 Å². The summed E-state index contributed by atoms with van der Waals surface area (Å²) in [5.74, 6) is -1.57. The number of likely N-dealkylation sites (tertiary alicyclic amines) is 1. The first-order chi connectivity index (χ1) is 33.4. The maximum absolute atomic E-state index is 14.1. The molecule has 17 heteroatoms. The first-order valence-electron chi connectivity index (χ1n) is 23.9. The van der Waals surface area contributed by atoms with Crippen LogP contribution in [0.5, 0.6) is 0 Å². The van der Waals surface area contributed by atoms with Gasteiger partial charge in [0, 0.05) is 79.0 Å². The van der Waals surface area contributed by atoms with E-state index in [1.807, 2.05) is 64.1 Å². The summed E-state index contributed by atoms with van der Waals surface area (Å²) in [7, 11) is 0. The number of rotatable bonds is 15. The quantitative estimate of drug-likeness (QED) is 0.0978. The number of H-pyrrole nitrogens is 1. The van der Waals surface area contributed by atoms with Crippen LogP contribution in [0.15, 0.2) is 60.1 Å². The molecule has 0 saturated carbocycles. The van der Waals surface area contributed by atoms with Gasteiger partial charge in [0.05, 0.1) is 52.6 Å². The van der Waals surface area contributed by atoms with Crippen LogP contribution < -0.4 is 15.5 Å². The topological polar surface area (TPSA) is 210 Å². The lowest BCUT2D eigenvalue weighted by atomic mass is 9.70. The molecule has 3 atom stereocenters. The van der Waals surface area contributed by atoms with Crippen LogP contribution in [0.3, 0.4) is 0 Å². The number of aliphatic hydroxyl groups excluding tert-OH is 1. The number of aliphatic hydroxyl groups is 1. The fourth-order valence-electron chi connectivity index (χ4n) is 9.87. The van der Waals surface area contributed by atoms with Crippen LogP contribution in [-0.4, -0.2) is 132 Å². The van der Waals surface area contributed by atoms with E-state index in [1.165, 1.54) is 4.90 Å². The number of nitrogens with one attached hydrogen (secondary N) is 3. The Hall–Kier alpha value is -6.45. The molecule has 16 nitrogen and oxygen atoms in total. The summed E-state index contributed by atoms with van der Waals surface area (Å²) < 4.78 is 11.2. The number of nitriles is 1. The van der Waals surface area contributed by atoms with Crippen LogP contribution in [0.1, 0.15) is 97.5 Å². The number of thiazole rings is 1. The second-order valence-electron chi connectivity index (χ2n) is 20.0. The molecule has 0 spiro atoms. The molecule has 0 radical (unpaired) electrons. The number of fused-ring (bicyclic) bond motifs is 4. The third-order valence-electron chi connectivity index (χ3n) is 13.8.